The van der Waals surface area contributed by atoms with Crippen LogP contribution in [0.15, 0.2) is 0 Å². The standard InChI is InChI=1S/C17H25NO4/c19-13-4-14(16(21)22)18(9-13)15(20)8-17-5-10-1-11(6-17)3-12(2-10)7-17/h10-14,19H,1-9H2,(H,21,22)/t10?,11?,12?,13-,14+,17?/m0/s1. The number of nitrogens with zero attached hydrogens (tertiary/aromatic N) is 1. The zero-order valence-electron chi connectivity index (χ0n) is 12.9. The highest BCUT2D eigenvalue weighted by molar-refractivity contribution is 5.84. The Morgan fingerprint density at radius 1 is 1.00 bits per heavy atom. The van der Waals surface area contributed by atoms with Crippen LogP contribution in [0.1, 0.15) is 51.4 Å². The number of carbonyl (C=O) groups excluding carboxylic acids is 1. The van der Waals surface area contributed by atoms with Crippen LogP contribution in [-0.4, -0.2) is 45.7 Å². The third kappa shape index (κ3) is 2.34. The Morgan fingerprint density at radius 3 is 2.05 bits per heavy atom. The molecule has 4 aliphatic carbocycles. The minimum atomic E-state index is -0.990. The summed E-state index contributed by atoms with van der Waals surface area (Å²) in [6.45, 7) is 0.183. The van der Waals surface area contributed by atoms with Gasteiger partial charge >= 0.3 is 5.97 Å². The number of hydrogen-bond acceptors (Lipinski definition) is 3. The van der Waals surface area contributed by atoms with E-state index >= 15 is 0 Å². The van der Waals surface area contributed by atoms with E-state index in [2.05, 4.69) is 0 Å². The second-order valence-electron chi connectivity index (χ2n) is 8.38. The first-order valence-corrected chi connectivity index (χ1v) is 8.64. The fraction of sp³-hybridized carbons (Fsp3) is 0.882. The maximum Gasteiger partial charge on any atom is 0.326 e. The number of likely N-dealkylation sites (tertiary alicyclic amines) is 1. The number of amides is 1. The second-order valence-corrected chi connectivity index (χ2v) is 8.38. The van der Waals surface area contributed by atoms with Crippen molar-refractivity contribution >= 4 is 11.9 Å². The molecular formula is C17H25NO4. The van der Waals surface area contributed by atoms with E-state index in [-0.39, 0.29) is 24.3 Å². The monoisotopic (exact) mass is 307 g/mol. The zero-order valence-corrected chi connectivity index (χ0v) is 12.9. The molecule has 0 aromatic carbocycles. The second kappa shape index (κ2) is 4.95. The molecule has 0 radical (unpaired) electrons. The van der Waals surface area contributed by atoms with Gasteiger partial charge in [0, 0.05) is 19.4 Å². The van der Waals surface area contributed by atoms with Gasteiger partial charge in [-0.3, -0.25) is 4.79 Å². The van der Waals surface area contributed by atoms with Crippen molar-refractivity contribution in [3.63, 3.8) is 0 Å². The SMILES string of the molecule is O=C(O)[C@H]1C[C@H](O)CN1C(=O)CC12CC3CC(CC(C3)C1)C2. The van der Waals surface area contributed by atoms with Crippen LogP contribution in [0, 0.1) is 23.2 Å². The van der Waals surface area contributed by atoms with E-state index in [1.807, 2.05) is 0 Å². The van der Waals surface area contributed by atoms with E-state index in [0.717, 1.165) is 37.0 Å². The molecule has 22 heavy (non-hydrogen) atoms. The van der Waals surface area contributed by atoms with Gasteiger partial charge in [0.25, 0.3) is 0 Å². The lowest BCUT2D eigenvalue weighted by atomic mass is 9.49. The van der Waals surface area contributed by atoms with Crippen molar-refractivity contribution in [2.45, 2.75) is 63.5 Å². The molecule has 5 heteroatoms. The Hall–Kier alpha value is -1.10. The Morgan fingerprint density at radius 2 is 1.55 bits per heavy atom. The van der Waals surface area contributed by atoms with E-state index in [1.165, 1.54) is 24.2 Å². The first-order valence-electron chi connectivity index (χ1n) is 8.64. The minimum Gasteiger partial charge on any atom is -0.480 e. The molecule has 1 saturated heterocycles. The summed E-state index contributed by atoms with van der Waals surface area (Å²) in [7, 11) is 0. The number of aliphatic carboxylic acids is 1. The van der Waals surface area contributed by atoms with Crippen molar-refractivity contribution in [1.82, 2.24) is 4.90 Å². The van der Waals surface area contributed by atoms with Gasteiger partial charge in [0.05, 0.1) is 6.10 Å². The van der Waals surface area contributed by atoms with Crippen LogP contribution in [0.4, 0.5) is 0 Å². The lowest BCUT2D eigenvalue weighted by molar-refractivity contribution is -0.151. The topological polar surface area (TPSA) is 77.8 Å². The molecule has 0 spiro atoms. The Labute approximate surface area is 130 Å². The van der Waals surface area contributed by atoms with Gasteiger partial charge in [0.15, 0.2) is 0 Å². The van der Waals surface area contributed by atoms with Gasteiger partial charge in [0.1, 0.15) is 6.04 Å². The average Bonchev–Trinajstić information content (AvgIpc) is 2.79. The molecule has 5 fully saturated rings. The molecule has 1 aliphatic heterocycles. The van der Waals surface area contributed by atoms with Crippen LogP contribution in [0.25, 0.3) is 0 Å². The molecule has 1 amide bonds. The van der Waals surface area contributed by atoms with E-state index < -0.39 is 18.1 Å². The number of aliphatic hydroxyl groups is 1. The van der Waals surface area contributed by atoms with Gasteiger partial charge in [0.2, 0.25) is 5.91 Å². The third-order valence-corrected chi connectivity index (χ3v) is 6.58. The summed E-state index contributed by atoms with van der Waals surface area (Å²) in [5.74, 6) is 1.33. The Bertz CT molecular complexity index is 468. The number of carboxylic acid groups (broad SMARTS) is 1. The quantitative estimate of drug-likeness (QED) is 0.831. The third-order valence-electron chi connectivity index (χ3n) is 6.58. The van der Waals surface area contributed by atoms with Crippen LogP contribution in [0.3, 0.4) is 0 Å². The van der Waals surface area contributed by atoms with Crippen molar-refractivity contribution in [3.05, 3.63) is 0 Å². The molecule has 2 N–H and O–H groups in total. The van der Waals surface area contributed by atoms with Crippen LogP contribution in [-0.2, 0) is 9.59 Å². The molecule has 5 nitrogen and oxygen atoms in total. The van der Waals surface area contributed by atoms with Gasteiger partial charge in [-0.2, -0.15) is 0 Å². The average molecular weight is 307 g/mol. The van der Waals surface area contributed by atoms with Crippen molar-refractivity contribution in [2.75, 3.05) is 6.54 Å². The van der Waals surface area contributed by atoms with E-state index in [4.69, 9.17) is 0 Å². The fourth-order valence-corrected chi connectivity index (χ4v) is 6.25. The molecule has 122 valence electrons. The van der Waals surface area contributed by atoms with Crippen LogP contribution in [0.2, 0.25) is 0 Å². The van der Waals surface area contributed by atoms with Crippen LogP contribution in [0.5, 0.6) is 0 Å². The molecule has 4 saturated carbocycles. The molecule has 1 heterocycles. The minimum absolute atomic E-state index is 0.0501. The van der Waals surface area contributed by atoms with E-state index in [1.54, 1.807) is 0 Å². The molecule has 2 atom stereocenters. The van der Waals surface area contributed by atoms with Crippen LogP contribution < -0.4 is 0 Å². The number of rotatable bonds is 3. The lowest BCUT2D eigenvalue weighted by Crippen LogP contribution is -2.49. The van der Waals surface area contributed by atoms with Gasteiger partial charge in [-0.05, 0) is 61.7 Å². The number of carboxylic acids is 1. The summed E-state index contributed by atoms with van der Waals surface area (Å²) in [5.41, 5.74) is 0.127. The molecular weight excluding hydrogens is 282 g/mol. The molecule has 4 bridgehead atoms. The zero-order chi connectivity index (χ0) is 15.5. The number of hydrogen-bond donors (Lipinski definition) is 2. The maximum absolute atomic E-state index is 12.7. The molecule has 0 unspecified atom stereocenters. The lowest BCUT2D eigenvalue weighted by Gasteiger charge is -2.57. The van der Waals surface area contributed by atoms with Gasteiger partial charge in [-0.25, -0.2) is 4.79 Å². The first kappa shape index (κ1) is 14.5. The largest absolute Gasteiger partial charge is 0.480 e. The highest BCUT2D eigenvalue weighted by Gasteiger charge is 2.52. The Kier molecular flexibility index (Phi) is 3.26. The number of carbonyl (C=O) groups is 2. The molecule has 0 aromatic rings. The summed E-state index contributed by atoms with van der Waals surface area (Å²) in [4.78, 5) is 25.5. The number of aliphatic hydroxyl groups excluding tert-OH is 1. The summed E-state index contributed by atoms with van der Waals surface area (Å²) in [6.07, 6.45) is 7.45. The highest BCUT2D eigenvalue weighted by Crippen LogP contribution is 2.61. The van der Waals surface area contributed by atoms with E-state index in [9.17, 15) is 19.8 Å². The smallest absolute Gasteiger partial charge is 0.326 e. The predicted molar refractivity (Wildman–Crippen MR) is 79.0 cm³/mol. The van der Waals surface area contributed by atoms with Crippen LogP contribution >= 0.6 is 0 Å². The summed E-state index contributed by atoms with van der Waals surface area (Å²) in [5, 5.41) is 19.0. The molecule has 0 aromatic heterocycles. The van der Waals surface area contributed by atoms with Gasteiger partial charge in [-0.1, -0.05) is 0 Å². The van der Waals surface area contributed by atoms with E-state index in [0.29, 0.717) is 6.42 Å². The van der Waals surface area contributed by atoms with Crippen molar-refractivity contribution in [2.24, 2.45) is 23.2 Å². The predicted octanol–water partition coefficient (Wildman–Crippen LogP) is 1.64. The summed E-state index contributed by atoms with van der Waals surface area (Å²) in [6, 6.07) is -0.837. The normalized spacial score (nSPS) is 46.2. The van der Waals surface area contributed by atoms with Crippen molar-refractivity contribution in [3.8, 4) is 0 Å². The van der Waals surface area contributed by atoms with Gasteiger partial charge in [-0.15, -0.1) is 0 Å². The first-order chi connectivity index (χ1) is 10.4. The molecule has 5 rings (SSSR count). The van der Waals surface area contributed by atoms with Crippen molar-refractivity contribution < 1.29 is 19.8 Å². The molecule has 5 aliphatic rings. The fourth-order valence-electron chi connectivity index (χ4n) is 6.25. The summed E-state index contributed by atoms with van der Waals surface area (Å²) < 4.78 is 0. The maximum atomic E-state index is 12.7. The Balaban J connectivity index is 1.49. The van der Waals surface area contributed by atoms with Crippen molar-refractivity contribution in [1.29, 1.82) is 0 Å². The summed E-state index contributed by atoms with van der Waals surface area (Å²) >= 11 is 0. The highest BCUT2D eigenvalue weighted by atomic mass is 16.4. The van der Waals surface area contributed by atoms with Gasteiger partial charge < -0.3 is 15.1 Å². The number of β-amino-alcohol motifs (C(OH)–C–C–N with tert-alkyl or cyclic N) is 1.